The second-order valence-corrected chi connectivity index (χ2v) is 10.6. The van der Waals surface area contributed by atoms with E-state index in [1.165, 1.54) is 16.7 Å². The van der Waals surface area contributed by atoms with Crippen molar-refractivity contribution in [1.82, 2.24) is 19.8 Å². The van der Waals surface area contributed by atoms with Gasteiger partial charge in [0.25, 0.3) is 0 Å². The van der Waals surface area contributed by atoms with Crippen LogP contribution in [0.1, 0.15) is 23.6 Å². The van der Waals surface area contributed by atoms with E-state index in [-0.39, 0.29) is 5.91 Å². The highest BCUT2D eigenvalue weighted by atomic mass is 35.5. The molecule has 2 aliphatic heterocycles. The number of piperazine rings is 1. The number of carboxylic acids is 2. The fraction of sp³-hybridized carbons (Fsp3) is 0.345. The SMILES string of the molecule is CC(=O)N1CCN(Cc2ccc3cc2CCc2cccc(c2)Nc2ncc(Cl)c(n2)N3)CC1.O=C(O)C(F)(F)F.O=C(O)C(F)(F)F. The van der Waals surface area contributed by atoms with Crippen molar-refractivity contribution in [2.75, 3.05) is 36.8 Å². The maximum atomic E-state index is 11.7. The molecule has 1 aromatic heterocycles. The minimum atomic E-state index is -5.08. The molecule has 1 saturated heterocycles. The molecule has 0 saturated carbocycles. The summed E-state index contributed by atoms with van der Waals surface area (Å²) in [6.45, 7) is 5.89. The van der Waals surface area contributed by atoms with Gasteiger partial charge in [-0.2, -0.15) is 31.3 Å². The average Bonchev–Trinajstić information content (AvgIpc) is 2.99. The number of carboxylic acid groups (broad SMARTS) is 2. The van der Waals surface area contributed by atoms with Gasteiger partial charge in [-0.05, 0) is 53.8 Å². The van der Waals surface area contributed by atoms with Crippen molar-refractivity contribution < 1.29 is 50.9 Å². The Labute approximate surface area is 269 Å². The van der Waals surface area contributed by atoms with Gasteiger partial charge in [-0.15, -0.1) is 0 Å². The fourth-order valence-corrected chi connectivity index (χ4v) is 4.56. The van der Waals surface area contributed by atoms with Crippen LogP contribution in [-0.2, 0) is 33.8 Å². The van der Waals surface area contributed by atoms with Crippen molar-refractivity contribution in [3.05, 3.63) is 70.4 Å². The van der Waals surface area contributed by atoms with Gasteiger partial charge in [0.1, 0.15) is 5.02 Å². The zero-order valence-corrected chi connectivity index (χ0v) is 25.4. The van der Waals surface area contributed by atoms with Gasteiger partial charge in [-0.3, -0.25) is 9.69 Å². The summed E-state index contributed by atoms with van der Waals surface area (Å²) in [5, 5.41) is 21.4. The van der Waals surface area contributed by atoms with E-state index in [9.17, 15) is 31.1 Å². The Bertz CT molecular complexity index is 1560. The largest absolute Gasteiger partial charge is 0.490 e. The second kappa shape index (κ2) is 15.8. The van der Waals surface area contributed by atoms with Crippen LogP contribution in [0.2, 0.25) is 5.02 Å². The zero-order chi connectivity index (χ0) is 34.9. The number of hydrogen-bond donors (Lipinski definition) is 4. The van der Waals surface area contributed by atoms with Crippen molar-refractivity contribution in [3.63, 3.8) is 0 Å². The maximum absolute atomic E-state index is 11.7. The molecule has 3 aromatic rings. The number of amides is 1. The maximum Gasteiger partial charge on any atom is 0.490 e. The van der Waals surface area contributed by atoms with Crippen LogP contribution in [0.5, 0.6) is 0 Å². The Balaban J connectivity index is 0.000000360. The molecule has 0 unspecified atom stereocenters. The van der Waals surface area contributed by atoms with Crippen LogP contribution in [0.4, 0.5) is 49.5 Å². The van der Waals surface area contributed by atoms with Gasteiger partial charge in [0.05, 0.1) is 6.20 Å². The second-order valence-electron chi connectivity index (χ2n) is 10.2. The molecule has 0 spiro atoms. The summed E-state index contributed by atoms with van der Waals surface area (Å²) in [6, 6.07) is 14.8. The van der Waals surface area contributed by atoms with E-state index in [2.05, 4.69) is 61.9 Å². The van der Waals surface area contributed by atoms with Crippen LogP contribution in [-0.4, -0.2) is 86.4 Å². The number of hydrogen-bond acceptors (Lipinski definition) is 8. The molecule has 0 aliphatic carbocycles. The van der Waals surface area contributed by atoms with Crippen LogP contribution in [0, 0.1) is 0 Å². The predicted molar refractivity (Wildman–Crippen MR) is 159 cm³/mol. The molecule has 18 heteroatoms. The van der Waals surface area contributed by atoms with Gasteiger partial charge in [0, 0.05) is 51.0 Å². The highest BCUT2D eigenvalue weighted by molar-refractivity contribution is 6.32. The highest BCUT2D eigenvalue weighted by Gasteiger charge is 2.38. The third-order valence-corrected chi connectivity index (χ3v) is 7.05. The number of aromatic nitrogens is 2. The van der Waals surface area contributed by atoms with Crippen LogP contribution in [0.3, 0.4) is 0 Å². The quantitative estimate of drug-likeness (QED) is 0.249. The van der Waals surface area contributed by atoms with Crippen molar-refractivity contribution >= 4 is 52.6 Å². The van der Waals surface area contributed by atoms with E-state index in [1.807, 2.05) is 11.0 Å². The van der Waals surface area contributed by atoms with Gasteiger partial charge >= 0.3 is 24.3 Å². The minimum Gasteiger partial charge on any atom is -0.475 e. The Kier molecular flexibility index (Phi) is 12.4. The average molecular weight is 691 g/mol. The molecule has 1 amide bonds. The molecular weight excluding hydrogens is 662 g/mol. The smallest absolute Gasteiger partial charge is 0.475 e. The molecule has 0 atom stereocenters. The molecule has 5 rings (SSSR count). The number of nitrogens with zero attached hydrogens (tertiary/aromatic N) is 4. The normalized spacial score (nSPS) is 14.6. The summed E-state index contributed by atoms with van der Waals surface area (Å²) < 4.78 is 63.5. The van der Waals surface area contributed by atoms with Gasteiger partial charge in [-0.25, -0.2) is 14.6 Å². The first-order chi connectivity index (χ1) is 21.9. The van der Waals surface area contributed by atoms with E-state index in [1.54, 1.807) is 13.1 Å². The van der Waals surface area contributed by atoms with Crippen LogP contribution in [0.25, 0.3) is 0 Å². The first-order valence-electron chi connectivity index (χ1n) is 13.8. The van der Waals surface area contributed by atoms with E-state index in [4.69, 9.17) is 31.4 Å². The third-order valence-electron chi connectivity index (χ3n) is 6.78. The first-order valence-corrected chi connectivity index (χ1v) is 14.2. The number of nitrogens with one attached hydrogen (secondary N) is 2. The molecule has 11 nitrogen and oxygen atoms in total. The lowest BCUT2D eigenvalue weighted by atomic mass is 9.98. The molecule has 2 aliphatic rings. The lowest BCUT2D eigenvalue weighted by Gasteiger charge is -2.34. The summed E-state index contributed by atoms with van der Waals surface area (Å²) in [5.41, 5.74) is 5.78. The van der Waals surface area contributed by atoms with Crippen LogP contribution >= 0.6 is 11.6 Å². The molecule has 0 radical (unpaired) electrons. The number of aryl methyl sites for hydroxylation is 2. The Morgan fingerprint density at radius 1 is 0.872 bits per heavy atom. The van der Waals surface area contributed by atoms with Gasteiger partial charge in [0.15, 0.2) is 5.82 Å². The lowest BCUT2D eigenvalue weighted by molar-refractivity contribution is -0.193. The molecule has 6 bridgehead atoms. The van der Waals surface area contributed by atoms with Gasteiger partial charge in [0.2, 0.25) is 11.9 Å². The molecule has 4 N–H and O–H groups in total. The minimum absolute atomic E-state index is 0.159. The summed E-state index contributed by atoms with van der Waals surface area (Å²) in [7, 11) is 0. The standard InChI is InChI=1S/C25H27ClN6O.2C2HF3O2/c1-17(33)32-11-9-31(10-12-32)16-20-7-8-22-14-19(20)6-5-18-3-2-4-21(13-18)29-25-27-15-23(26)24(28-22)30-25;2*3-2(4,5)1(6)7/h2-4,7-8,13-15H,5-6,9-12,16H2,1H3,(H2,27,28,29,30);2*(H,6,7). The van der Waals surface area contributed by atoms with Crippen molar-refractivity contribution in [2.24, 2.45) is 0 Å². The van der Waals surface area contributed by atoms with Crippen molar-refractivity contribution in [2.45, 2.75) is 38.7 Å². The number of fused-ring (bicyclic) bond motifs is 6. The number of carbonyl (C=O) groups excluding carboxylic acids is 1. The number of rotatable bonds is 2. The topological polar surface area (TPSA) is 148 Å². The predicted octanol–water partition coefficient (Wildman–Crippen LogP) is 5.65. The Morgan fingerprint density at radius 2 is 1.47 bits per heavy atom. The molecule has 2 aromatic carbocycles. The summed E-state index contributed by atoms with van der Waals surface area (Å²) in [5.74, 6) is -4.28. The van der Waals surface area contributed by atoms with Gasteiger partial charge < -0.3 is 25.7 Å². The summed E-state index contributed by atoms with van der Waals surface area (Å²) in [4.78, 5) is 42.7. The summed E-state index contributed by atoms with van der Waals surface area (Å²) >= 11 is 6.38. The molecule has 1 fully saturated rings. The Morgan fingerprint density at radius 3 is 2.04 bits per heavy atom. The van der Waals surface area contributed by atoms with Crippen LogP contribution < -0.4 is 10.6 Å². The molecule has 47 heavy (non-hydrogen) atoms. The fourth-order valence-electron chi connectivity index (χ4n) is 4.42. The van der Waals surface area contributed by atoms with E-state index in [0.29, 0.717) is 16.8 Å². The summed E-state index contributed by atoms with van der Waals surface area (Å²) in [6.07, 6.45) is -6.69. The van der Waals surface area contributed by atoms with E-state index in [0.717, 1.165) is 56.9 Å². The monoisotopic (exact) mass is 690 g/mol. The number of aliphatic carboxylic acids is 2. The van der Waals surface area contributed by atoms with E-state index >= 15 is 0 Å². The van der Waals surface area contributed by atoms with Crippen molar-refractivity contribution in [3.8, 4) is 0 Å². The first kappa shape index (κ1) is 36.8. The molecular formula is C29H29ClF6N6O5. The van der Waals surface area contributed by atoms with Gasteiger partial charge in [-0.1, -0.05) is 29.8 Å². The van der Waals surface area contributed by atoms with E-state index < -0.39 is 24.3 Å². The number of halogens is 7. The van der Waals surface area contributed by atoms with Crippen molar-refractivity contribution in [1.29, 1.82) is 0 Å². The number of alkyl halides is 6. The molecule has 3 heterocycles. The Hall–Kier alpha value is -4.64. The number of anilines is 4. The van der Waals surface area contributed by atoms with Crippen LogP contribution in [0.15, 0.2) is 48.7 Å². The molecule has 254 valence electrons. The zero-order valence-electron chi connectivity index (χ0n) is 24.6. The number of benzene rings is 2. The lowest BCUT2D eigenvalue weighted by Crippen LogP contribution is -2.47. The third kappa shape index (κ3) is 11.6. The number of carbonyl (C=O) groups is 3. The highest BCUT2D eigenvalue weighted by Crippen LogP contribution is 2.28.